The number of carboxylic acid groups (broad SMARTS) is 1. The number of hydrogen-bond acceptors (Lipinski definition) is 6. The number of carbonyl (C=O) groups is 1. The highest BCUT2D eigenvalue weighted by atomic mass is 32.2. The number of carbonyl (C=O) groups excluding carboxylic acids is 1. The zero-order valence-electron chi connectivity index (χ0n) is 14.8. The number of benzene rings is 2. The summed E-state index contributed by atoms with van der Waals surface area (Å²) in [5.41, 5.74) is 2.25. The second-order valence-corrected chi connectivity index (χ2v) is 7.95. The number of aliphatic carboxylic acids is 1. The first kappa shape index (κ1) is 19.2. The third-order valence-electron chi connectivity index (χ3n) is 4.35. The smallest absolute Gasteiger partial charge is 0.261 e. The first-order valence-electron chi connectivity index (χ1n) is 8.68. The molecule has 0 atom stereocenters. The van der Waals surface area contributed by atoms with E-state index in [0.717, 1.165) is 24.3 Å². The summed E-state index contributed by atoms with van der Waals surface area (Å²) in [6, 6.07) is 13.4. The molecule has 3 rings (SSSR count). The molecule has 8 heteroatoms. The molecule has 0 radical (unpaired) electrons. The van der Waals surface area contributed by atoms with Crippen molar-refractivity contribution in [1.82, 2.24) is 0 Å². The number of morpholine rings is 1. The number of hydrogen-bond donors (Lipinski definition) is 1. The normalized spacial score (nSPS) is 14.7. The number of aryl methyl sites for hydroxylation is 1. The van der Waals surface area contributed by atoms with Crippen LogP contribution >= 0.6 is 0 Å². The van der Waals surface area contributed by atoms with Crippen LogP contribution < -0.4 is 14.7 Å². The third kappa shape index (κ3) is 5.21. The van der Waals surface area contributed by atoms with Gasteiger partial charge in [0.1, 0.15) is 0 Å². The fourth-order valence-electron chi connectivity index (χ4n) is 2.86. The molecule has 1 heterocycles. The van der Waals surface area contributed by atoms with E-state index in [0.29, 0.717) is 25.3 Å². The quantitative estimate of drug-likeness (QED) is 0.759. The topological polar surface area (TPSA) is 98.8 Å². The third-order valence-corrected chi connectivity index (χ3v) is 5.74. The van der Waals surface area contributed by atoms with Gasteiger partial charge >= 0.3 is 0 Å². The molecule has 0 aliphatic carbocycles. The first-order valence-corrected chi connectivity index (χ1v) is 10.2. The zero-order valence-corrected chi connectivity index (χ0v) is 15.6. The summed E-state index contributed by atoms with van der Waals surface area (Å²) in [7, 11) is -3.71. The van der Waals surface area contributed by atoms with Crippen molar-refractivity contribution in [2.75, 3.05) is 35.9 Å². The van der Waals surface area contributed by atoms with Gasteiger partial charge in [-0.3, -0.25) is 4.72 Å². The van der Waals surface area contributed by atoms with Gasteiger partial charge in [0, 0.05) is 30.4 Å². The molecular weight excluding hydrogens is 368 g/mol. The highest BCUT2D eigenvalue weighted by molar-refractivity contribution is 7.92. The number of carboxylic acids is 1. The van der Waals surface area contributed by atoms with Gasteiger partial charge in [-0.1, -0.05) is 12.1 Å². The van der Waals surface area contributed by atoms with Crippen LogP contribution in [-0.4, -0.2) is 40.7 Å². The molecule has 1 aliphatic rings. The lowest BCUT2D eigenvalue weighted by molar-refractivity contribution is -0.305. The summed E-state index contributed by atoms with van der Waals surface area (Å²) in [4.78, 5) is 12.8. The molecule has 27 heavy (non-hydrogen) atoms. The number of nitrogens with one attached hydrogen (secondary N) is 1. The van der Waals surface area contributed by atoms with Crippen LogP contribution in [0.4, 0.5) is 11.4 Å². The van der Waals surface area contributed by atoms with Crippen molar-refractivity contribution in [3.05, 3.63) is 54.1 Å². The number of sulfonamides is 1. The van der Waals surface area contributed by atoms with Gasteiger partial charge in [-0.15, -0.1) is 0 Å². The largest absolute Gasteiger partial charge is 0.550 e. The minimum Gasteiger partial charge on any atom is -0.550 e. The van der Waals surface area contributed by atoms with E-state index >= 15 is 0 Å². The van der Waals surface area contributed by atoms with Crippen molar-refractivity contribution in [3.63, 3.8) is 0 Å². The maximum absolute atomic E-state index is 12.5. The Morgan fingerprint density at radius 2 is 1.67 bits per heavy atom. The molecule has 2 aromatic rings. The van der Waals surface area contributed by atoms with Crippen molar-refractivity contribution in [3.8, 4) is 0 Å². The van der Waals surface area contributed by atoms with E-state index in [9.17, 15) is 18.3 Å². The van der Waals surface area contributed by atoms with Crippen molar-refractivity contribution in [2.24, 2.45) is 0 Å². The minimum absolute atomic E-state index is 0.0974. The molecule has 0 spiro atoms. The van der Waals surface area contributed by atoms with Gasteiger partial charge in [0.25, 0.3) is 10.0 Å². The van der Waals surface area contributed by atoms with Gasteiger partial charge in [0.2, 0.25) is 0 Å². The molecule has 1 fully saturated rings. The molecule has 1 N–H and O–H groups in total. The molecule has 0 aromatic heterocycles. The lowest BCUT2D eigenvalue weighted by atomic mass is 10.1. The molecular formula is C19H21N2O5S-. The van der Waals surface area contributed by atoms with E-state index in [1.54, 1.807) is 24.3 Å². The maximum Gasteiger partial charge on any atom is 0.261 e. The van der Waals surface area contributed by atoms with Gasteiger partial charge in [0.15, 0.2) is 0 Å². The van der Waals surface area contributed by atoms with Crippen molar-refractivity contribution >= 4 is 27.4 Å². The Morgan fingerprint density at radius 1 is 1.04 bits per heavy atom. The Balaban J connectivity index is 1.65. The zero-order chi connectivity index (χ0) is 19.3. The Morgan fingerprint density at radius 3 is 2.26 bits per heavy atom. The Kier molecular flexibility index (Phi) is 5.98. The van der Waals surface area contributed by atoms with E-state index in [2.05, 4.69) is 9.62 Å². The number of nitrogens with zero attached hydrogens (tertiary/aromatic N) is 1. The molecule has 0 bridgehead atoms. The standard InChI is InChI=1S/C19H22N2O5S/c22-19(23)10-3-15-1-8-18(9-2-15)27(24,25)20-16-4-6-17(7-5-16)21-11-13-26-14-12-21/h1-2,4-9,20H,3,10-14H2,(H,22,23)/p-1. The summed E-state index contributed by atoms with van der Waals surface area (Å²) in [5, 5.41) is 10.5. The Hall–Kier alpha value is -2.58. The highest BCUT2D eigenvalue weighted by Crippen LogP contribution is 2.22. The van der Waals surface area contributed by atoms with Crippen LogP contribution in [0.25, 0.3) is 0 Å². The number of rotatable bonds is 7. The molecule has 7 nitrogen and oxygen atoms in total. The van der Waals surface area contributed by atoms with Crippen molar-refractivity contribution < 1.29 is 23.1 Å². The summed E-state index contributed by atoms with van der Waals surface area (Å²) < 4.78 is 32.9. The average Bonchev–Trinajstić information content (AvgIpc) is 2.68. The van der Waals surface area contributed by atoms with Crippen LogP contribution in [0.15, 0.2) is 53.4 Å². The molecule has 1 aliphatic heterocycles. The highest BCUT2D eigenvalue weighted by Gasteiger charge is 2.15. The van der Waals surface area contributed by atoms with Crippen LogP contribution in [-0.2, 0) is 26.0 Å². The van der Waals surface area contributed by atoms with Gasteiger partial charge < -0.3 is 19.5 Å². The summed E-state index contributed by atoms with van der Waals surface area (Å²) in [6.07, 6.45) is 0.207. The molecule has 1 saturated heterocycles. The summed E-state index contributed by atoms with van der Waals surface area (Å²) >= 11 is 0. The maximum atomic E-state index is 12.5. The monoisotopic (exact) mass is 389 g/mol. The van der Waals surface area contributed by atoms with E-state index in [-0.39, 0.29) is 11.3 Å². The van der Waals surface area contributed by atoms with Crippen LogP contribution in [0.2, 0.25) is 0 Å². The number of ether oxygens (including phenoxy) is 1. The second-order valence-electron chi connectivity index (χ2n) is 6.27. The van der Waals surface area contributed by atoms with Crippen LogP contribution in [0.3, 0.4) is 0 Å². The van der Waals surface area contributed by atoms with Gasteiger partial charge in [-0.05, 0) is 54.8 Å². The van der Waals surface area contributed by atoms with Crippen LogP contribution in [0.5, 0.6) is 0 Å². The van der Waals surface area contributed by atoms with Crippen LogP contribution in [0.1, 0.15) is 12.0 Å². The first-order chi connectivity index (χ1) is 12.9. The van der Waals surface area contributed by atoms with E-state index in [1.807, 2.05) is 12.1 Å². The van der Waals surface area contributed by atoms with Gasteiger partial charge in [-0.2, -0.15) is 0 Å². The van der Waals surface area contributed by atoms with Gasteiger partial charge in [-0.25, -0.2) is 8.42 Å². The minimum atomic E-state index is -3.71. The average molecular weight is 389 g/mol. The second kappa shape index (κ2) is 8.41. The van der Waals surface area contributed by atoms with Gasteiger partial charge in [0.05, 0.1) is 18.1 Å². The lowest BCUT2D eigenvalue weighted by Gasteiger charge is -2.28. The number of anilines is 2. The fraction of sp³-hybridized carbons (Fsp3) is 0.316. The molecule has 0 unspecified atom stereocenters. The SMILES string of the molecule is O=C([O-])CCc1ccc(S(=O)(=O)Nc2ccc(N3CCOCC3)cc2)cc1. The van der Waals surface area contributed by atoms with Crippen LogP contribution in [0, 0.1) is 0 Å². The predicted octanol–water partition coefficient (Wildman–Crippen LogP) is 1.01. The molecule has 0 saturated carbocycles. The van der Waals surface area contributed by atoms with Crippen molar-refractivity contribution in [1.29, 1.82) is 0 Å². The van der Waals surface area contributed by atoms with E-state index in [1.165, 1.54) is 12.1 Å². The summed E-state index contributed by atoms with van der Waals surface area (Å²) in [6.45, 7) is 3.01. The predicted molar refractivity (Wildman–Crippen MR) is 100 cm³/mol. The van der Waals surface area contributed by atoms with E-state index in [4.69, 9.17) is 4.74 Å². The summed E-state index contributed by atoms with van der Waals surface area (Å²) in [5.74, 6) is -1.13. The van der Waals surface area contributed by atoms with E-state index < -0.39 is 16.0 Å². The van der Waals surface area contributed by atoms with Crippen molar-refractivity contribution in [2.45, 2.75) is 17.7 Å². The fourth-order valence-corrected chi connectivity index (χ4v) is 3.92. The lowest BCUT2D eigenvalue weighted by Crippen LogP contribution is -2.36. The molecule has 0 amide bonds. The molecule has 144 valence electrons. The molecule has 2 aromatic carbocycles. The Labute approximate surface area is 158 Å². The Bertz CT molecular complexity index is 873.